The minimum atomic E-state index is -0.851. The Hall–Kier alpha value is -1.52. The van der Waals surface area contributed by atoms with Crippen molar-refractivity contribution in [2.45, 2.75) is 19.3 Å². The highest BCUT2D eigenvalue weighted by Crippen LogP contribution is 2.27. The first-order chi connectivity index (χ1) is 6.15. The third-order valence-corrected chi connectivity index (χ3v) is 1.76. The summed E-state index contributed by atoms with van der Waals surface area (Å²) in [5.74, 6) is -0.719. The molecular formula is C8H11NO4. The van der Waals surface area contributed by atoms with Crippen LogP contribution in [0.1, 0.15) is 24.8 Å². The number of carbonyl (C=O) groups is 1. The number of nitrogens with zero attached hydrogens (tertiary/aromatic N) is 1. The Balaban J connectivity index is 2.75. The van der Waals surface area contributed by atoms with Crippen LogP contribution in [0.25, 0.3) is 0 Å². The lowest BCUT2D eigenvalue weighted by Crippen LogP contribution is -2.03. The van der Waals surface area contributed by atoms with Gasteiger partial charge in [-0.3, -0.25) is 4.79 Å². The van der Waals surface area contributed by atoms with Gasteiger partial charge in [-0.1, -0.05) is 12.1 Å². The summed E-state index contributed by atoms with van der Waals surface area (Å²) in [7, 11) is 1.46. The molecule has 0 aliphatic carbocycles. The standard InChI is InChI=1S/C8H11NO4/c1-5(3-7(10)11)6-4-9-13-8(6)12-2/h4-5H,3H2,1-2H3,(H,10,11). The van der Waals surface area contributed by atoms with E-state index in [2.05, 4.69) is 5.16 Å². The van der Waals surface area contributed by atoms with Gasteiger partial charge in [-0.05, 0) is 0 Å². The van der Waals surface area contributed by atoms with Crippen LogP contribution in [-0.2, 0) is 4.79 Å². The molecule has 0 saturated carbocycles. The molecule has 0 fully saturated rings. The monoisotopic (exact) mass is 185 g/mol. The van der Waals surface area contributed by atoms with Crippen LogP contribution >= 0.6 is 0 Å². The van der Waals surface area contributed by atoms with E-state index in [0.29, 0.717) is 5.56 Å². The molecular weight excluding hydrogens is 174 g/mol. The summed E-state index contributed by atoms with van der Waals surface area (Å²) in [6.07, 6.45) is 1.52. The van der Waals surface area contributed by atoms with Gasteiger partial charge in [0.05, 0.1) is 25.3 Å². The topological polar surface area (TPSA) is 72.6 Å². The van der Waals surface area contributed by atoms with Gasteiger partial charge in [0.15, 0.2) is 0 Å². The van der Waals surface area contributed by atoms with Crippen molar-refractivity contribution in [3.63, 3.8) is 0 Å². The van der Waals surface area contributed by atoms with Gasteiger partial charge in [0.2, 0.25) is 0 Å². The highest BCUT2D eigenvalue weighted by molar-refractivity contribution is 5.68. The molecule has 13 heavy (non-hydrogen) atoms. The number of hydrogen-bond acceptors (Lipinski definition) is 4. The van der Waals surface area contributed by atoms with Gasteiger partial charge < -0.3 is 14.4 Å². The van der Waals surface area contributed by atoms with Gasteiger partial charge in [0.1, 0.15) is 0 Å². The molecule has 1 N–H and O–H groups in total. The Bertz CT molecular complexity index is 294. The fourth-order valence-electron chi connectivity index (χ4n) is 1.09. The van der Waals surface area contributed by atoms with E-state index in [0.717, 1.165) is 0 Å². The molecule has 0 spiro atoms. The van der Waals surface area contributed by atoms with Crippen molar-refractivity contribution >= 4 is 5.97 Å². The Kier molecular flexibility index (Phi) is 2.89. The van der Waals surface area contributed by atoms with Crippen molar-refractivity contribution in [3.05, 3.63) is 11.8 Å². The zero-order valence-corrected chi connectivity index (χ0v) is 7.48. The summed E-state index contributed by atoms with van der Waals surface area (Å²) in [6, 6.07) is 0. The van der Waals surface area contributed by atoms with Crippen molar-refractivity contribution in [1.29, 1.82) is 0 Å². The number of methoxy groups -OCH3 is 1. The number of ether oxygens (including phenoxy) is 1. The van der Waals surface area contributed by atoms with Crippen LogP contribution < -0.4 is 4.74 Å². The molecule has 1 aromatic rings. The van der Waals surface area contributed by atoms with Crippen LogP contribution in [0, 0.1) is 0 Å². The number of rotatable bonds is 4. The number of aromatic nitrogens is 1. The summed E-state index contributed by atoms with van der Waals surface area (Å²) in [6.45, 7) is 1.78. The minimum absolute atomic E-state index is 0.0393. The molecule has 72 valence electrons. The van der Waals surface area contributed by atoms with Gasteiger partial charge in [-0.25, -0.2) is 0 Å². The largest absolute Gasteiger partial charge is 0.481 e. The van der Waals surface area contributed by atoms with Crippen LogP contribution in [0.2, 0.25) is 0 Å². The second kappa shape index (κ2) is 3.93. The van der Waals surface area contributed by atoms with Crippen LogP contribution in [-0.4, -0.2) is 23.3 Å². The zero-order chi connectivity index (χ0) is 9.84. The van der Waals surface area contributed by atoms with Crippen molar-refractivity contribution in [1.82, 2.24) is 5.16 Å². The summed E-state index contributed by atoms with van der Waals surface area (Å²) >= 11 is 0. The van der Waals surface area contributed by atoms with Crippen molar-refractivity contribution in [3.8, 4) is 5.95 Å². The molecule has 0 amide bonds. The Morgan fingerprint density at radius 2 is 2.54 bits per heavy atom. The molecule has 0 saturated heterocycles. The van der Waals surface area contributed by atoms with Gasteiger partial charge in [0, 0.05) is 5.92 Å². The molecule has 1 heterocycles. The molecule has 0 aromatic carbocycles. The third kappa shape index (κ3) is 2.21. The van der Waals surface area contributed by atoms with E-state index in [-0.39, 0.29) is 18.3 Å². The predicted octanol–water partition coefficient (Wildman–Crippen LogP) is 1.26. The van der Waals surface area contributed by atoms with Gasteiger partial charge in [-0.15, -0.1) is 0 Å². The SMILES string of the molecule is COc1oncc1C(C)CC(=O)O. The summed E-state index contributed by atoms with van der Waals surface area (Å²) in [4.78, 5) is 10.4. The second-order valence-electron chi connectivity index (χ2n) is 2.77. The smallest absolute Gasteiger partial charge is 0.314 e. The Morgan fingerprint density at radius 3 is 3.08 bits per heavy atom. The molecule has 0 bridgehead atoms. The number of aliphatic carboxylic acids is 1. The lowest BCUT2D eigenvalue weighted by molar-refractivity contribution is -0.137. The molecule has 1 atom stereocenters. The van der Waals surface area contributed by atoms with Crippen LogP contribution in [0.5, 0.6) is 5.95 Å². The predicted molar refractivity (Wildman–Crippen MR) is 43.7 cm³/mol. The average molecular weight is 185 g/mol. The highest BCUT2D eigenvalue weighted by Gasteiger charge is 2.18. The molecule has 1 rings (SSSR count). The molecule has 0 aliphatic rings. The van der Waals surface area contributed by atoms with E-state index in [1.165, 1.54) is 13.3 Å². The lowest BCUT2D eigenvalue weighted by Gasteiger charge is -2.05. The van der Waals surface area contributed by atoms with Crippen LogP contribution in [0.3, 0.4) is 0 Å². The fraction of sp³-hybridized carbons (Fsp3) is 0.500. The first kappa shape index (κ1) is 9.57. The normalized spacial score (nSPS) is 12.5. The number of hydrogen-bond donors (Lipinski definition) is 1. The molecule has 1 aromatic heterocycles. The fourth-order valence-corrected chi connectivity index (χ4v) is 1.09. The van der Waals surface area contributed by atoms with E-state index in [1.54, 1.807) is 6.92 Å². The number of carboxylic acids is 1. The van der Waals surface area contributed by atoms with Crippen LogP contribution in [0.4, 0.5) is 0 Å². The Labute approximate surface area is 75.3 Å². The van der Waals surface area contributed by atoms with Crippen molar-refractivity contribution in [2.75, 3.05) is 7.11 Å². The number of carboxylic acid groups (broad SMARTS) is 1. The summed E-state index contributed by atoms with van der Waals surface area (Å²) < 4.78 is 9.62. The molecule has 1 unspecified atom stereocenters. The maximum atomic E-state index is 10.4. The first-order valence-corrected chi connectivity index (χ1v) is 3.85. The van der Waals surface area contributed by atoms with Crippen LogP contribution in [0.15, 0.2) is 10.7 Å². The molecule has 5 heteroatoms. The quantitative estimate of drug-likeness (QED) is 0.764. The zero-order valence-electron chi connectivity index (χ0n) is 7.48. The van der Waals surface area contributed by atoms with E-state index < -0.39 is 5.97 Å². The molecule has 5 nitrogen and oxygen atoms in total. The van der Waals surface area contributed by atoms with Gasteiger partial charge >= 0.3 is 11.9 Å². The average Bonchev–Trinajstić information content (AvgIpc) is 2.49. The van der Waals surface area contributed by atoms with Gasteiger partial charge in [0.25, 0.3) is 0 Å². The van der Waals surface area contributed by atoms with Crippen molar-refractivity contribution < 1.29 is 19.2 Å². The minimum Gasteiger partial charge on any atom is -0.481 e. The maximum absolute atomic E-state index is 10.4. The molecule has 0 radical (unpaired) electrons. The second-order valence-corrected chi connectivity index (χ2v) is 2.77. The third-order valence-electron chi connectivity index (χ3n) is 1.76. The van der Waals surface area contributed by atoms with Crippen molar-refractivity contribution in [2.24, 2.45) is 0 Å². The molecule has 0 aliphatic heterocycles. The van der Waals surface area contributed by atoms with E-state index in [1.807, 2.05) is 0 Å². The maximum Gasteiger partial charge on any atom is 0.314 e. The lowest BCUT2D eigenvalue weighted by atomic mass is 10.0. The van der Waals surface area contributed by atoms with E-state index >= 15 is 0 Å². The van der Waals surface area contributed by atoms with E-state index in [9.17, 15) is 4.79 Å². The Morgan fingerprint density at radius 1 is 1.85 bits per heavy atom. The highest BCUT2D eigenvalue weighted by atomic mass is 16.6. The van der Waals surface area contributed by atoms with E-state index in [4.69, 9.17) is 14.4 Å². The first-order valence-electron chi connectivity index (χ1n) is 3.85. The summed E-state index contributed by atoms with van der Waals surface area (Å²) in [5.41, 5.74) is 0.685. The van der Waals surface area contributed by atoms with Gasteiger partial charge in [-0.2, -0.15) is 0 Å². The summed E-state index contributed by atoms with van der Waals surface area (Å²) in [5, 5.41) is 12.1.